The van der Waals surface area contributed by atoms with Gasteiger partial charge in [0.05, 0.1) is 6.61 Å². The third-order valence-electron chi connectivity index (χ3n) is 4.81. The lowest BCUT2D eigenvalue weighted by Crippen LogP contribution is -2.43. The van der Waals surface area contributed by atoms with Gasteiger partial charge in [-0.25, -0.2) is 0 Å². The van der Waals surface area contributed by atoms with E-state index in [9.17, 15) is 4.79 Å². The highest BCUT2D eigenvalue weighted by molar-refractivity contribution is 5.76. The van der Waals surface area contributed by atoms with Gasteiger partial charge in [-0.1, -0.05) is 24.6 Å². The van der Waals surface area contributed by atoms with Crippen LogP contribution in [0, 0.1) is 0 Å². The van der Waals surface area contributed by atoms with E-state index < -0.39 is 0 Å². The number of carbonyl (C=O) groups excluding carboxylic acids is 1. The molecule has 114 valence electrons. The summed E-state index contributed by atoms with van der Waals surface area (Å²) in [6, 6.07) is 8.87. The first kappa shape index (κ1) is 14.6. The summed E-state index contributed by atoms with van der Waals surface area (Å²) in [5.41, 5.74) is 1.34. The molecule has 0 spiro atoms. The lowest BCUT2D eigenvalue weighted by molar-refractivity contribution is -0.118. The number of ketones is 1. The van der Waals surface area contributed by atoms with E-state index in [1.807, 2.05) is 6.07 Å². The highest BCUT2D eigenvalue weighted by Crippen LogP contribution is 2.35. The molecule has 0 aliphatic carbocycles. The molecule has 0 amide bonds. The minimum atomic E-state index is 0.319. The third kappa shape index (κ3) is 3.46. The van der Waals surface area contributed by atoms with E-state index in [1.165, 1.54) is 24.8 Å². The number of piperidine rings is 1. The minimum Gasteiger partial charge on any atom is -0.493 e. The van der Waals surface area contributed by atoms with Gasteiger partial charge in [0.25, 0.3) is 0 Å². The molecule has 0 N–H and O–H groups in total. The molecule has 3 rings (SSSR count). The van der Waals surface area contributed by atoms with Crippen molar-refractivity contribution in [2.45, 2.75) is 51.0 Å². The molecular weight excluding hydrogens is 262 g/mol. The first-order chi connectivity index (χ1) is 10.2. The zero-order chi connectivity index (χ0) is 14.7. The third-order valence-corrected chi connectivity index (χ3v) is 4.81. The van der Waals surface area contributed by atoms with Crippen molar-refractivity contribution in [2.24, 2.45) is 0 Å². The number of benzene rings is 1. The molecule has 1 aromatic carbocycles. The molecule has 3 nitrogen and oxygen atoms in total. The first-order valence-electron chi connectivity index (χ1n) is 8.19. The van der Waals surface area contributed by atoms with E-state index in [4.69, 9.17) is 4.74 Å². The van der Waals surface area contributed by atoms with E-state index in [1.54, 1.807) is 6.92 Å². The molecule has 0 saturated carbocycles. The number of nitrogens with zero attached hydrogens (tertiary/aromatic N) is 1. The van der Waals surface area contributed by atoms with E-state index in [2.05, 4.69) is 23.1 Å². The fourth-order valence-electron chi connectivity index (χ4n) is 3.75. The Kier molecular flexibility index (Phi) is 4.59. The van der Waals surface area contributed by atoms with Crippen molar-refractivity contribution in [1.29, 1.82) is 0 Å². The summed E-state index contributed by atoms with van der Waals surface area (Å²) >= 11 is 0. The number of fused-ring (bicyclic) bond motifs is 1. The molecule has 2 aliphatic heterocycles. The summed E-state index contributed by atoms with van der Waals surface area (Å²) in [6.45, 7) is 4.74. The predicted octanol–water partition coefficient (Wildman–Crippen LogP) is 3.39. The van der Waals surface area contributed by atoms with Gasteiger partial charge in [-0.3, -0.25) is 9.69 Å². The normalized spacial score (nSPS) is 26.0. The molecule has 0 radical (unpaired) electrons. The van der Waals surface area contributed by atoms with Gasteiger partial charge in [0, 0.05) is 24.9 Å². The summed E-state index contributed by atoms with van der Waals surface area (Å²) in [5, 5.41) is 0. The van der Waals surface area contributed by atoms with Crippen LogP contribution in [0.2, 0.25) is 0 Å². The lowest BCUT2D eigenvalue weighted by atomic mass is 9.90. The second-order valence-corrected chi connectivity index (χ2v) is 6.42. The largest absolute Gasteiger partial charge is 0.493 e. The monoisotopic (exact) mass is 287 g/mol. The Balaban J connectivity index is 1.72. The zero-order valence-electron chi connectivity index (χ0n) is 12.9. The predicted molar refractivity (Wildman–Crippen MR) is 83.8 cm³/mol. The fraction of sp³-hybridized carbons (Fsp3) is 0.611. The minimum absolute atomic E-state index is 0.319. The van der Waals surface area contributed by atoms with Crippen LogP contribution in [0.4, 0.5) is 0 Å². The second kappa shape index (κ2) is 6.61. The van der Waals surface area contributed by atoms with E-state index >= 15 is 0 Å². The number of carbonyl (C=O) groups is 1. The highest BCUT2D eigenvalue weighted by Gasteiger charge is 2.28. The van der Waals surface area contributed by atoms with Crippen LogP contribution in [0.15, 0.2) is 24.3 Å². The number of hydrogen-bond donors (Lipinski definition) is 0. The molecule has 2 heterocycles. The van der Waals surface area contributed by atoms with E-state index in [0.29, 0.717) is 24.2 Å². The summed E-state index contributed by atoms with van der Waals surface area (Å²) in [5.74, 6) is 1.91. The lowest BCUT2D eigenvalue weighted by Gasteiger charge is -2.39. The molecule has 2 atom stereocenters. The molecule has 3 heteroatoms. The maximum atomic E-state index is 11.5. The molecule has 2 unspecified atom stereocenters. The Hall–Kier alpha value is -1.35. The number of para-hydroxylation sites is 1. The van der Waals surface area contributed by atoms with Gasteiger partial charge in [0.15, 0.2) is 0 Å². The number of likely N-dealkylation sites (tertiary alicyclic amines) is 1. The Labute approximate surface area is 127 Å². The molecule has 21 heavy (non-hydrogen) atoms. The Bertz CT molecular complexity index is 500. The summed E-state index contributed by atoms with van der Waals surface area (Å²) in [6.07, 6.45) is 5.49. The molecular formula is C18H25NO2. The molecule has 1 saturated heterocycles. The van der Waals surface area contributed by atoms with Crippen molar-refractivity contribution in [1.82, 2.24) is 4.90 Å². The van der Waals surface area contributed by atoms with Crippen molar-refractivity contribution < 1.29 is 9.53 Å². The van der Waals surface area contributed by atoms with Gasteiger partial charge in [-0.15, -0.1) is 0 Å². The average Bonchev–Trinajstić information content (AvgIpc) is 2.49. The van der Waals surface area contributed by atoms with Crippen LogP contribution in [0.1, 0.15) is 50.5 Å². The van der Waals surface area contributed by atoms with Crippen molar-refractivity contribution >= 4 is 5.78 Å². The van der Waals surface area contributed by atoms with Crippen LogP contribution < -0.4 is 4.74 Å². The smallest absolute Gasteiger partial charge is 0.131 e. The summed E-state index contributed by atoms with van der Waals surface area (Å²) in [4.78, 5) is 14.1. The maximum Gasteiger partial charge on any atom is 0.131 e. The van der Waals surface area contributed by atoms with Crippen molar-refractivity contribution in [2.75, 3.05) is 19.7 Å². The fourth-order valence-corrected chi connectivity index (χ4v) is 3.75. The molecule has 2 aliphatic rings. The quantitative estimate of drug-likeness (QED) is 0.850. The molecule has 1 fully saturated rings. The molecule has 0 bridgehead atoms. The van der Waals surface area contributed by atoms with Gasteiger partial charge in [0.1, 0.15) is 11.5 Å². The molecule has 0 aromatic heterocycles. The summed E-state index contributed by atoms with van der Waals surface area (Å²) < 4.78 is 5.76. The van der Waals surface area contributed by atoms with Crippen LogP contribution in [0.25, 0.3) is 0 Å². The number of ether oxygens (including phenoxy) is 1. The molecule has 1 aromatic rings. The second-order valence-electron chi connectivity index (χ2n) is 6.42. The Morgan fingerprint density at radius 1 is 1.29 bits per heavy atom. The highest BCUT2D eigenvalue weighted by atomic mass is 16.5. The SMILES string of the molecule is CC(=O)CC1CCCCN1CC1CCOc2ccccc21. The number of hydrogen-bond acceptors (Lipinski definition) is 3. The van der Waals surface area contributed by atoms with E-state index in [-0.39, 0.29) is 0 Å². The van der Waals surface area contributed by atoms with Crippen molar-refractivity contribution in [3.8, 4) is 5.75 Å². The van der Waals surface area contributed by atoms with Gasteiger partial charge >= 0.3 is 0 Å². The van der Waals surface area contributed by atoms with Crippen LogP contribution >= 0.6 is 0 Å². The standard InChI is InChI=1S/C18H25NO2/c1-14(20)12-16-6-4-5-10-19(16)13-15-9-11-21-18-8-3-2-7-17(15)18/h2-3,7-8,15-16H,4-6,9-13H2,1H3. The van der Waals surface area contributed by atoms with Crippen molar-refractivity contribution in [3.05, 3.63) is 29.8 Å². The Morgan fingerprint density at radius 2 is 2.14 bits per heavy atom. The van der Waals surface area contributed by atoms with E-state index in [0.717, 1.165) is 31.9 Å². The van der Waals surface area contributed by atoms with Gasteiger partial charge in [-0.05, 0) is 44.4 Å². The average molecular weight is 287 g/mol. The zero-order valence-corrected chi connectivity index (χ0v) is 12.9. The van der Waals surface area contributed by atoms with Gasteiger partial charge < -0.3 is 4.74 Å². The Morgan fingerprint density at radius 3 is 3.00 bits per heavy atom. The van der Waals surface area contributed by atoms with Crippen LogP contribution in [0.3, 0.4) is 0 Å². The number of Topliss-reactive ketones (excluding diaryl/α,β-unsaturated/α-hetero) is 1. The topological polar surface area (TPSA) is 29.5 Å². The maximum absolute atomic E-state index is 11.5. The van der Waals surface area contributed by atoms with Gasteiger partial charge in [0.2, 0.25) is 0 Å². The van der Waals surface area contributed by atoms with Gasteiger partial charge in [-0.2, -0.15) is 0 Å². The van der Waals surface area contributed by atoms with Crippen LogP contribution in [-0.4, -0.2) is 36.4 Å². The van der Waals surface area contributed by atoms with Crippen molar-refractivity contribution in [3.63, 3.8) is 0 Å². The van der Waals surface area contributed by atoms with Crippen LogP contribution in [0.5, 0.6) is 5.75 Å². The first-order valence-corrected chi connectivity index (χ1v) is 8.19. The number of rotatable bonds is 4. The van der Waals surface area contributed by atoms with Crippen LogP contribution in [-0.2, 0) is 4.79 Å². The summed E-state index contributed by atoms with van der Waals surface area (Å²) in [7, 11) is 0.